The lowest BCUT2D eigenvalue weighted by molar-refractivity contribution is -0.161. The summed E-state index contributed by atoms with van der Waals surface area (Å²) in [5, 5.41) is 10.6. The summed E-state index contributed by atoms with van der Waals surface area (Å²) in [5.41, 5.74) is 0. The molecule has 0 radical (unpaired) electrons. The molecule has 17 nitrogen and oxygen atoms in total. The number of unbranched alkanes of at least 4 members (excludes halogenated alkanes) is 43. The van der Waals surface area contributed by atoms with Gasteiger partial charge >= 0.3 is 39.5 Å². The number of carbonyl (C=O) groups excluding carboxylic acids is 4. The van der Waals surface area contributed by atoms with Gasteiger partial charge in [-0.05, 0) is 49.4 Å². The second kappa shape index (κ2) is 70.1. The predicted molar refractivity (Wildman–Crippen MR) is 409 cm³/mol. The molecule has 0 bridgehead atoms. The molecular weight excluding hydrogens is 1310 g/mol. The van der Waals surface area contributed by atoms with E-state index in [9.17, 15) is 43.2 Å². The Morgan fingerprint density at radius 1 is 0.280 bits per heavy atom. The highest BCUT2D eigenvalue weighted by atomic mass is 31.2. The average molecular weight is 1470 g/mol. The van der Waals surface area contributed by atoms with E-state index in [4.69, 9.17) is 37.0 Å². The smallest absolute Gasteiger partial charge is 0.462 e. The van der Waals surface area contributed by atoms with Crippen LogP contribution in [0.5, 0.6) is 0 Å². The molecule has 0 rings (SSSR count). The van der Waals surface area contributed by atoms with Crippen molar-refractivity contribution in [2.45, 2.75) is 433 Å². The van der Waals surface area contributed by atoms with Gasteiger partial charge < -0.3 is 33.8 Å². The fourth-order valence-corrected chi connectivity index (χ4v) is 14.0. The molecule has 0 aromatic rings. The first-order chi connectivity index (χ1) is 48.1. The van der Waals surface area contributed by atoms with Gasteiger partial charge in [-0.15, -0.1) is 0 Å². The van der Waals surface area contributed by atoms with Crippen molar-refractivity contribution in [3.8, 4) is 0 Å². The molecule has 0 aliphatic rings. The number of aliphatic hydroxyl groups is 1. The molecule has 3 N–H and O–H groups in total. The summed E-state index contributed by atoms with van der Waals surface area (Å²) in [7, 11) is -9.92. The summed E-state index contributed by atoms with van der Waals surface area (Å²) >= 11 is 0. The van der Waals surface area contributed by atoms with Crippen LogP contribution in [0.1, 0.15) is 415 Å². The molecule has 0 amide bonds. The van der Waals surface area contributed by atoms with Crippen LogP contribution in [0.25, 0.3) is 0 Å². The maximum absolute atomic E-state index is 13.1. The fourth-order valence-electron chi connectivity index (χ4n) is 12.4. The van der Waals surface area contributed by atoms with Crippen LogP contribution in [-0.2, 0) is 65.4 Å². The molecule has 0 fully saturated rings. The Morgan fingerprint density at radius 3 is 0.710 bits per heavy atom. The molecule has 6 atom stereocenters. The summed E-state index contributed by atoms with van der Waals surface area (Å²) in [6.45, 7) is 14.3. The van der Waals surface area contributed by atoms with Crippen molar-refractivity contribution < 1.29 is 80.2 Å². The van der Waals surface area contributed by atoms with E-state index < -0.39 is 97.5 Å². The van der Waals surface area contributed by atoms with Crippen molar-refractivity contribution in [2.75, 3.05) is 39.6 Å². The largest absolute Gasteiger partial charge is 0.472 e. The monoisotopic (exact) mass is 1470 g/mol. The van der Waals surface area contributed by atoms with Crippen LogP contribution in [0.15, 0.2) is 0 Å². The third-order valence-corrected chi connectivity index (χ3v) is 21.1. The van der Waals surface area contributed by atoms with Crippen molar-refractivity contribution in [1.29, 1.82) is 0 Å². The number of phosphoric ester groups is 2. The standard InChI is InChI=1S/C81H158O17P2/c1-9-74(8)60-52-44-36-31-32-38-46-54-62-79(84)92-68-77(98-81(86)64-56-48-40-30-24-18-21-27-35-43-51-59-73(6)7)70-96-100(89,90)94-66-75(82)65-93-99(87,88)95-69-76(67-91-78(83)61-53-45-37-28-22-17-16-20-26-34-42-50-58-72(4)5)97-80(85)63-55-47-39-29-23-15-13-11-10-12-14-19-25-33-41-49-57-71(2)3/h71-77,82H,9-70H2,1-8H3,(H,87,88)(H,89,90)/t74?,75-,76-,77-/m1/s1. The lowest BCUT2D eigenvalue weighted by atomic mass is 9.99. The minimum atomic E-state index is -4.96. The van der Waals surface area contributed by atoms with E-state index in [0.717, 1.165) is 114 Å². The van der Waals surface area contributed by atoms with Crippen LogP contribution in [0.2, 0.25) is 0 Å². The van der Waals surface area contributed by atoms with Gasteiger partial charge in [0.2, 0.25) is 0 Å². The molecule has 594 valence electrons. The van der Waals surface area contributed by atoms with Gasteiger partial charge in [0.1, 0.15) is 19.3 Å². The van der Waals surface area contributed by atoms with Crippen molar-refractivity contribution in [2.24, 2.45) is 23.7 Å². The van der Waals surface area contributed by atoms with Crippen molar-refractivity contribution in [3.63, 3.8) is 0 Å². The minimum absolute atomic E-state index is 0.106. The van der Waals surface area contributed by atoms with E-state index in [1.54, 1.807) is 0 Å². The van der Waals surface area contributed by atoms with Gasteiger partial charge in [-0.2, -0.15) is 0 Å². The second-order valence-electron chi connectivity index (χ2n) is 30.8. The Hall–Kier alpha value is -1.94. The molecule has 100 heavy (non-hydrogen) atoms. The Morgan fingerprint density at radius 2 is 0.480 bits per heavy atom. The van der Waals surface area contributed by atoms with Gasteiger partial charge in [0, 0.05) is 25.7 Å². The normalized spacial score (nSPS) is 14.3. The topological polar surface area (TPSA) is 237 Å². The third kappa shape index (κ3) is 73.0. The Kier molecular flexibility index (Phi) is 68.7. The van der Waals surface area contributed by atoms with Gasteiger partial charge in [0.05, 0.1) is 26.4 Å². The summed E-state index contributed by atoms with van der Waals surface area (Å²) < 4.78 is 68.7. The number of ether oxygens (including phenoxy) is 4. The van der Waals surface area contributed by atoms with Crippen LogP contribution in [0.3, 0.4) is 0 Å². The van der Waals surface area contributed by atoms with Crippen molar-refractivity contribution >= 4 is 39.5 Å². The minimum Gasteiger partial charge on any atom is -0.462 e. The van der Waals surface area contributed by atoms with Gasteiger partial charge in [-0.25, -0.2) is 9.13 Å². The van der Waals surface area contributed by atoms with E-state index in [1.165, 1.54) is 218 Å². The van der Waals surface area contributed by atoms with E-state index in [2.05, 4.69) is 55.4 Å². The molecule has 0 saturated heterocycles. The number of carbonyl (C=O) groups is 4. The second-order valence-corrected chi connectivity index (χ2v) is 33.7. The van der Waals surface area contributed by atoms with Gasteiger partial charge in [0.15, 0.2) is 12.2 Å². The quantitative estimate of drug-likeness (QED) is 0.0222. The average Bonchev–Trinajstić information content (AvgIpc) is 0.937. The number of hydrogen-bond acceptors (Lipinski definition) is 15. The molecule has 0 aliphatic heterocycles. The number of phosphoric acid groups is 2. The molecule has 0 aromatic carbocycles. The molecule has 19 heteroatoms. The van der Waals surface area contributed by atoms with Crippen LogP contribution in [0.4, 0.5) is 0 Å². The first-order valence-electron chi connectivity index (χ1n) is 41.7. The highest BCUT2D eigenvalue weighted by Crippen LogP contribution is 2.45. The highest BCUT2D eigenvalue weighted by molar-refractivity contribution is 7.47. The molecule has 0 aromatic heterocycles. The molecule has 0 saturated carbocycles. The number of rotatable bonds is 78. The van der Waals surface area contributed by atoms with Crippen molar-refractivity contribution in [3.05, 3.63) is 0 Å². The van der Waals surface area contributed by atoms with Gasteiger partial charge in [0.25, 0.3) is 0 Å². The molecular formula is C81H158O17P2. The number of esters is 4. The zero-order valence-corrected chi connectivity index (χ0v) is 67.6. The first kappa shape index (κ1) is 98.1. The maximum atomic E-state index is 13.1. The predicted octanol–water partition coefficient (Wildman–Crippen LogP) is 24.0. The van der Waals surface area contributed by atoms with E-state index in [0.29, 0.717) is 25.7 Å². The molecule has 3 unspecified atom stereocenters. The summed E-state index contributed by atoms with van der Waals surface area (Å²) in [6.07, 6.45) is 56.8. The number of hydrogen-bond donors (Lipinski definition) is 3. The fraction of sp³-hybridized carbons (Fsp3) is 0.951. The van der Waals surface area contributed by atoms with Gasteiger partial charge in [-0.1, -0.05) is 364 Å². The summed E-state index contributed by atoms with van der Waals surface area (Å²) in [6, 6.07) is 0. The molecule has 0 heterocycles. The van der Waals surface area contributed by atoms with Crippen LogP contribution < -0.4 is 0 Å². The molecule has 0 spiro atoms. The Labute approximate surface area is 613 Å². The van der Waals surface area contributed by atoms with Crippen LogP contribution in [0, 0.1) is 23.7 Å². The van der Waals surface area contributed by atoms with Crippen LogP contribution in [-0.4, -0.2) is 96.7 Å². The first-order valence-corrected chi connectivity index (χ1v) is 44.7. The van der Waals surface area contributed by atoms with E-state index in [1.807, 2.05) is 0 Å². The lowest BCUT2D eigenvalue weighted by Gasteiger charge is -2.21. The highest BCUT2D eigenvalue weighted by Gasteiger charge is 2.30. The SMILES string of the molecule is CCC(C)CCCCCCCCCCC(=O)OC[C@H](COP(=O)(O)OC[C@H](O)COP(=O)(O)OC[C@@H](COC(=O)CCCCCCCCCCCCCCC(C)C)OC(=O)CCCCCCCCCCCCCCCCCCC(C)C)OC(=O)CCCCCCCCCCCCCC(C)C. The summed E-state index contributed by atoms with van der Waals surface area (Å²) in [5.74, 6) is 1.02. The van der Waals surface area contributed by atoms with Crippen LogP contribution >= 0.6 is 15.6 Å². The zero-order valence-electron chi connectivity index (χ0n) is 65.8. The zero-order chi connectivity index (χ0) is 73.8. The lowest BCUT2D eigenvalue weighted by Crippen LogP contribution is -2.30. The summed E-state index contributed by atoms with van der Waals surface area (Å²) in [4.78, 5) is 73.1. The molecule has 0 aliphatic carbocycles. The Bertz CT molecular complexity index is 1960. The maximum Gasteiger partial charge on any atom is 0.472 e. The van der Waals surface area contributed by atoms with Crippen molar-refractivity contribution in [1.82, 2.24) is 0 Å². The number of aliphatic hydroxyl groups excluding tert-OH is 1. The van der Waals surface area contributed by atoms with E-state index >= 15 is 0 Å². The third-order valence-electron chi connectivity index (χ3n) is 19.2. The Balaban J connectivity index is 5.27. The van der Waals surface area contributed by atoms with Gasteiger partial charge in [-0.3, -0.25) is 37.3 Å². The van der Waals surface area contributed by atoms with E-state index in [-0.39, 0.29) is 25.7 Å².